The van der Waals surface area contributed by atoms with Crippen LogP contribution < -0.4 is 5.43 Å². The number of nitro groups is 1. The Kier molecular flexibility index (Phi) is 4.56. The summed E-state index contributed by atoms with van der Waals surface area (Å²) in [6.45, 7) is 2.86. The fraction of sp³-hybridized carbons (Fsp3) is 0.200. The van der Waals surface area contributed by atoms with E-state index in [1.807, 2.05) is 0 Å². The van der Waals surface area contributed by atoms with E-state index < -0.39 is 22.3 Å². The molecule has 0 unspecified atom stereocenters. The molecule has 1 aromatic carbocycles. The Morgan fingerprint density at radius 2 is 1.96 bits per heavy atom. The van der Waals surface area contributed by atoms with Gasteiger partial charge in [0.15, 0.2) is 11.4 Å². The molecule has 0 saturated heterocycles. The van der Waals surface area contributed by atoms with Crippen LogP contribution in [0, 0.1) is 10.1 Å². The Balaban J connectivity index is 2.11. The molecule has 1 amide bonds. The number of benzene rings is 1. The van der Waals surface area contributed by atoms with Crippen LogP contribution in [-0.2, 0) is 10.4 Å². The number of aliphatic hydroxyl groups is 1. The molecule has 120 valence electrons. The van der Waals surface area contributed by atoms with Gasteiger partial charge in [0.25, 0.3) is 5.91 Å². The summed E-state index contributed by atoms with van der Waals surface area (Å²) in [5.74, 6) is -1.00. The van der Waals surface area contributed by atoms with Gasteiger partial charge >= 0.3 is 5.88 Å². The number of rotatable bonds is 5. The number of carbonyl (C=O) groups excluding carboxylic acids is 1. The molecule has 2 N–H and O–H groups in total. The highest BCUT2D eigenvalue weighted by molar-refractivity contribution is 5.97. The van der Waals surface area contributed by atoms with Crippen LogP contribution in [0.4, 0.5) is 5.88 Å². The van der Waals surface area contributed by atoms with Crippen LogP contribution in [0.25, 0.3) is 0 Å². The van der Waals surface area contributed by atoms with Gasteiger partial charge in [-0.1, -0.05) is 30.3 Å². The number of nitrogens with one attached hydrogen (secondary N) is 1. The zero-order valence-electron chi connectivity index (χ0n) is 12.5. The Morgan fingerprint density at radius 3 is 2.52 bits per heavy atom. The molecule has 23 heavy (non-hydrogen) atoms. The van der Waals surface area contributed by atoms with Gasteiger partial charge in [0.1, 0.15) is 10.6 Å². The maximum absolute atomic E-state index is 12.1. The van der Waals surface area contributed by atoms with E-state index in [2.05, 4.69) is 10.5 Å². The summed E-state index contributed by atoms with van der Waals surface area (Å²) >= 11 is 0. The minimum atomic E-state index is -1.76. The van der Waals surface area contributed by atoms with Gasteiger partial charge in [-0.15, -0.1) is 0 Å². The largest absolute Gasteiger partial charge is 0.433 e. The van der Waals surface area contributed by atoms with E-state index in [0.717, 1.165) is 0 Å². The summed E-state index contributed by atoms with van der Waals surface area (Å²) in [5, 5.41) is 24.7. The van der Waals surface area contributed by atoms with E-state index in [1.54, 1.807) is 30.3 Å². The zero-order valence-corrected chi connectivity index (χ0v) is 12.5. The molecule has 1 heterocycles. The fourth-order valence-electron chi connectivity index (χ4n) is 1.81. The third-order valence-corrected chi connectivity index (χ3v) is 3.23. The molecule has 0 fully saturated rings. The second-order valence-corrected chi connectivity index (χ2v) is 4.97. The third-order valence-electron chi connectivity index (χ3n) is 3.23. The van der Waals surface area contributed by atoms with E-state index in [0.29, 0.717) is 5.56 Å². The van der Waals surface area contributed by atoms with Gasteiger partial charge in [-0.3, -0.25) is 14.9 Å². The summed E-state index contributed by atoms with van der Waals surface area (Å²) in [4.78, 5) is 22.0. The molecule has 2 aromatic rings. The first-order valence-electron chi connectivity index (χ1n) is 6.69. The molecule has 1 atom stereocenters. The molecule has 0 spiro atoms. The van der Waals surface area contributed by atoms with E-state index in [-0.39, 0.29) is 11.5 Å². The van der Waals surface area contributed by atoms with Crippen LogP contribution in [0.1, 0.15) is 25.2 Å². The highest BCUT2D eigenvalue weighted by Gasteiger charge is 2.32. The number of nitrogens with zero attached hydrogens (tertiary/aromatic N) is 2. The Hall–Kier alpha value is -3.00. The van der Waals surface area contributed by atoms with E-state index >= 15 is 0 Å². The van der Waals surface area contributed by atoms with Crippen molar-refractivity contribution in [2.24, 2.45) is 5.10 Å². The fourth-order valence-corrected chi connectivity index (χ4v) is 1.81. The summed E-state index contributed by atoms with van der Waals surface area (Å²) in [6, 6.07) is 11.0. The number of hydrazone groups is 1. The van der Waals surface area contributed by atoms with Crippen molar-refractivity contribution in [3.05, 3.63) is 63.9 Å². The molecule has 8 heteroatoms. The van der Waals surface area contributed by atoms with Crippen molar-refractivity contribution in [2.45, 2.75) is 19.4 Å². The van der Waals surface area contributed by atoms with Gasteiger partial charge in [-0.25, -0.2) is 5.43 Å². The van der Waals surface area contributed by atoms with E-state index in [9.17, 15) is 20.0 Å². The van der Waals surface area contributed by atoms with Crippen LogP contribution in [-0.4, -0.2) is 21.6 Å². The number of furan rings is 1. The van der Waals surface area contributed by atoms with E-state index in [4.69, 9.17) is 4.42 Å². The number of carbonyl (C=O) groups is 1. The molecule has 0 aliphatic heterocycles. The summed E-state index contributed by atoms with van der Waals surface area (Å²) < 4.78 is 4.97. The monoisotopic (exact) mass is 317 g/mol. The molecule has 0 bridgehead atoms. The number of hydrogen-bond donors (Lipinski definition) is 2. The smallest absolute Gasteiger partial charge is 0.399 e. The standard InChI is InChI=1S/C15H15N3O5/c1-10(12-8-9-13(23-12)18(21)22)16-17-14(19)15(2,20)11-6-4-3-5-7-11/h3-9,20H,1-2H3,(H,17,19)/b16-10+/t15-/m1/s1. The lowest BCUT2D eigenvalue weighted by Crippen LogP contribution is -2.40. The van der Waals surface area contributed by atoms with Crippen molar-refractivity contribution < 1.29 is 19.2 Å². The van der Waals surface area contributed by atoms with Gasteiger partial charge in [0.2, 0.25) is 0 Å². The molecule has 0 saturated carbocycles. The molecule has 0 aliphatic carbocycles. The zero-order chi connectivity index (χ0) is 17.0. The SMILES string of the molecule is C/C(=N\NC(=O)[C@](C)(O)c1ccccc1)c1ccc([N+](=O)[O-])o1. The van der Waals surface area contributed by atoms with Crippen molar-refractivity contribution in [1.82, 2.24) is 5.43 Å². The third kappa shape index (κ3) is 3.61. The van der Waals surface area contributed by atoms with Gasteiger partial charge in [-0.05, 0) is 25.5 Å². The average molecular weight is 317 g/mol. The van der Waals surface area contributed by atoms with Gasteiger partial charge in [-0.2, -0.15) is 5.10 Å². The lowest BCUT2D eigenvalue weighted by Gasteiger charge is -2.21. The predicted octanol–water partition coefficient (Wildman–Crippen LogP) is 1.94. The first-order valence-corrected chi connectivity index (χ1v) is 6.69. The first kappa shape index (κ1) is 16.4. The van der Waals surface area contributed by atoms with Crippen LogP contribution in [0.2, 0.25) is 0 Å². The summed E-state index contributed by atoms with van der Waals surface area (Å²) in [7, 11) is 0. The maximum Gasteiger partial charge on any atom is 0.433 e. The van der Waals surface area contributed by atoms with Crippen LogP contribution in [0.15, 0.2) is 52.0 Å². The second-order valence-electron chi connectivity index (χ2n) is 4.97. The minimum Gasteiger partial charge on any atom is -0.399 e. The van der Waals surface area contributed by atoms with Crippen molar-refractivity contribution in [3.63, 3.8) is 0 Å². The Morgan fingerprint density at radius 1 is 1.30 bits per heavy atom. The predicted molar refractivity (Wildman–Crippen MR) is 81.7 cm³/mol. The lowest BCUT2D eigenvalue weighted by atomic mass is 9.95. The highest BCUT2D eigenvalue weighted by Crippen LogP contribution is 2.20. The van der Waals surface area contributed by atoms with Crippen LogP contribution >= 0.6 is 0 Å². The topological polar surface area (TPSA) is 118 Å². The van der Waals surface area contributed by atoms with Gasteiger partial charge in [0, 0.05) is 0 Å². The van der Waals surface area contributed by atoms with Crippen LogP contribution in [0.5, 0.6) is 0 Å². The molecule has 2 rings (SSSR count). The molecule has 1 aromatic heterocycles. The highest BCUT2D eigenvalue weighted by atomic mass is 16.6. The lowest BCUT2D eigenvalue weighted by molar-refractivity contribution is -0.402. The Bertz CT molecular complexity index is 749. The molecule has 8 nitrogen and oxygen atoms in total. The molecular weight excluding hydrogens is 302 g/mol. The van der Waals surface area contributed by atoms with Gasteiger partial charge < -0.3 is 9.52 Å². The van der Waals surface area contributed by atoms with Crippen LogP contribution in [0.3, 0.4) is 0 Å². The Labute approximate surface area is 131 Å². The maximum atomic E-state index is 12.1. The quantitative estimate of drug-likeness (QED) is 0.496. The summed E-state index contributed by atoms with van der Waals surface area (Å²) in [6.07, 6.45) is 0. The molecule has 0 aliphatic rings. The normalized spacial score (nSPS) is 14.1. The van der Waals surface area contributed by atoms with Gasteiger partial charge in [0.05, 0.1) is 6.07 Å². The minimum absolute atomic E-state index is 0.149. The van der Waals surface area contributed by atoms with Crippen molar-refractivity contribution >= 4 is 17.5 Å². The molecular formula is C15H15N3O5. The summed E-state index contributed by atoms with van der Waals surface area (Å²) in [5.41, 5.74) is 1.11. The molecule has 0 radical (unpaired) electrons. The second kappa shape index (κ2) is 6.41. The first-order chi connectivity index (χ1) is 10.8. The van der Waals surface area contributed by atoms with Crippen molar-refractivity contribution in [2.75, 3.05) is 0 Å². The van der Waals surface area contributed by atoms with E-state index in [1.165, 1.54) is 26.0 Å². The van der Waals surface area contributed by atoms with Crippen molar-refractivity contribution in [3.8, 4) is 0 Å². The average Bonchev–Trinajstić information content (AvgIpc) is 3.03. The number of hydrogen-bond acceptors (Lipinski definition) is 6. The van der Waals surface area contributed by atoms with Crippen molar-refractivity contribution in [1.29, 1.82) is 0 Å². The number of amides is 1.